The maximum atomic E-state index is 11.2. The van der Waals surface area contributed by atoms with Crippen LogP contribution in [0.3, 0.4) is 0 Å². The van der Waals surface area contributed by atoms with Crippen LogP contribution in [-0.2, 0) is 7.05 Å². The molecule has 0 saturated carbocycles. The molecule has 0 aromatic carbocycles. The molecule has 18 heavy (non-hydrogen) atoms. The van der Waals surface area contributed by atoms with Gasteiger partial charge in [0.1, 0.15) is 5.03 Å². The highest BCUT2D eigenvalue weighted by atomic mass is 79.9. The standard InChI is InChI=1S/C10H9BrN4O2S/c1-5-3-4-12-9(6(5)11)18-10-13-7(16)8(17)14-15(10)2/h3-4H,1-2H3,(H,14,17). The third-order valence-electron chi connectivity index (χ3n) is 2.19. The van der Waals surface area contributed by atoms with Crippen LogP contribution in [0.5, 0.6) is 0 Å². The SMILES string of the molecule is Cc1ccnc(Sc2nc(=O)c(=O)[nH]n2C)c1Br. The second-order valence-electron chi connectivity index (χ2n) is 3.55. The predicted octanol–water partition coefficient (Wildman–Crippen LogP) is 1.09. The molecule has 0 bridgehead atoms. The zero-order valence-electron chi connectivity index (χ0n) is 9.60. The number of aromatic nitrogens is 4. The number of nitrogens with zero attached hydrogens (tertiary/aromatic N) is 3. The number of halogens is 1. The van der Waals surface area contributed by atoms with Gasteiger partial charge in [0.25, 0.3) is 0 Å². The zero-order valence-corrected chi connectivity index (χ0v) is 12.0. The molecule has 94 valence electrons. The maximum Gasteiger partial charge on any atom is 0.339 e. The topological polar surface area (TPSA) is 80.6 Å². The second-order valence-corrected chi connectivity index (χ2v) is 5.30. The number of H-pyrrole nitrogens is 1. The molecule has 1 N–H and O–H groups in total. The van der Waals surface area contributed by atoms with Gasteiger partial charge in [0, 0.05) is 13.2 Å². The van der Waals surface area contributed by atoms with Crippen LogP contribution in [0.4, 0.5) is 0 Å². The van der Waals surface area contributed by atoms with E-state index in [1.807, 2.05) is 13.0 Å². The van der Waals surface area contributed by atoms with E-state index in [1.54, 1.807) is 13.2 Å². The fourth-order valence-electron chi connectivity index (χ4n) is 1.22. The number of pyridine rings is 1. The molecular weight excluding hydrogens is 320 g/mol. The van der Waals surface area contributed by atoms with Crippen LogP contribution >= 0.6 is 27.7 Å². The van der Waals surface area contributed by atoms with E-state index in [0.29, 0.717) is 10.2 Å². The normalized spacial score (nSPS) is 10.6. The average Bonchev–Trinajstić information content (AvgIpc) is 2.32. The van der Waals surface area contributed by atoms with Crippen LogP contribution in [0.25, 0.3) is 0 Å². The third kappa shape index (κ3) is 2.54. The van der Waals surface area contributed by atoms with Gasteiger partial charge in [0.05, 0.1) is 4.47 Å². The number of aryl methyl sites for hydroxylation is 2. The molecule has 0 aliphatic heterocycles. The molecule has 0 fully saturated rings. The Morgan fingerprint density at radius 3 is 2.89 bits per heavy atom. The van der Waals surface area contributed by atoms with Crippen LogP contribution < -0.4 is 11.1 Å². The number of aromatic amines is 1. The number of hydrogen-bond donors (Lipinski definition) is 1. The summed E-state index contributed by atoms with van der Waals surface area (Å²) in [6.45, 7) is 1.94. The molecule has 2 heterocycles. The lowest BCUT2D eigenvalue weighted by Crippen LogP contribution is -2.33. The molecule has 0 spiro atoms. The van der Waals surface area contributed by atoms with Crippen LogP contribution in [0.1, 0.15) is 5.56 Å². The number of hydrogen-bond acceptors (Lipinski definition) is 5. The van der Waals surface area contributed by atoms with E-state index in [1.165, 1.54) is 16.4 Å². The molecular formula is C10H9BrN4O2S. The first-order valence-electron chi connectivity index (χ1n) is 4.95. The monoisotopic (exact) mass is 328 g/mol. The van der Waals surface area contributed by atoms with Crippen molar-refractivity contribution in [3.05, 3.63) is 43.0 Å². The van der Waals surface area contributed by atoms with E-state index in [0.717, 1.165) is 10.0 Å². The Morgan fingerprint density at radius 2 is 2.17 bits per heavy atom. The van der Waals surface area contributed by atoms with Crippen molar-refractivity contribution in [2.24, 2.45) is 7.05 Å². The molecule has 0 aliphatic rings. The molecule has 0 radical (unpaired) electrons. The Morgan fingerprint density at radius 1 is 1.44 bits per heavy atom. The summed E-state index contributed by atoms with van der Waals surface area (Å²) in [5.74, 6) is 0. The molecule has 0 aliphatic carbocycles. The van der Waals surface area contributed by atoms with Crippen LogP contribution in [-0.4, -0.2) is 19.7 Å². The molecule has 2 aromatic heterocycles. The zero-order chi connectivity index (χ0) is 13.3. The van der Waals surface area contributed by atoms with Crippen molar-refractivity contribution in [2.45, 2.75) is 17.1 Å². The number of nitrogens with one attached hydrogen (secondary N) is 1. The van der Waals surface area contributed by atoms with Gasteiger partial charge in [-0.25, -0.2) is 4.98 Å². The Balaban J connectivity index is 2.46. The Kier molecular flexibility index (Phi) is 3.67. The minimum absolute atomic E-state index is 0.374. The van der Waals surface area contributed by atoms with Crippen molar-refractivity contribution in [1.82, 2.24) is 19.7 Å². The van der Waals surface area contributed by atoms with Gasteiger partial charge >= 0.3 is 11.1 Å². The fourth-order valence-corrected chi connectivity index (χ4v) is 2.55. The Hall–Kier alpha value is -1.41. The van der Waals surface area contributed by atoms with E-state index in [9.17, 15) is 9.59 Å². The highest BCUT2D eigenvalue weighted by molar-refractivity contribution is 9.10. The van der Waals surface area contributed by atoms with E-state index in [-0.39, 0.29) is 0 Å². The highest BCUT2D eigenvalue weighted by Gasteiger charge is 2.10. The van der Waals surface area contributed by atoms with Gasteiger partial charge < -0.3 is 0 Å². The minimum atomic E-state index is -0.806. The summed E-state index contributed by atoms with van der Waals surface area (Å²) in [6.07, 6.45) is 1.67. The molecule has 2 rings (SSSR count). The molecule has 6 nitrogen and oxygen atoms in total. The van der Waals surface area contributed by atoms with Crippen molar-refractivity contribution in [3.63, 3.8) is 0 Å². The largest absolute Gasteiger partial charge is 0.339 e. The molecule has 0 amide bonds. The van der Waals surface area contributed by atoms with Gasteiger partial charge in [-0.05, 0) is 46.2 Å². The van der Waals surface area contributed by atoms with Crippen LogP contribution in [0.15, 0.2) is 36.5 Å². The van der Waals surface area contributed by atoms with Gasteiger partial charge in [0.15, 0.2) is 5.16 Å². The summed E-state index contributed by atoms with van der Waals surface area (Å²) >= 11 is 4.63. The molecule has 0 unspecified atom stereocenters. The lowest BCUT2D eigenvalue weighted by atomic mass is 10.3. The van der Waals surface area contributed by atoms with Gasteiger partial charge in [-0.1, -0.05) is 0 Å². The summed E-state index contributed by atoms with van der Waals surface area (Å²) < 4.78 is 2.24. The second kappa shape index (κ2) is 5.07. The van der Waals surface area contributed by atoms with Crippen LogP contribution in [0, 0.1) is 6.92 Å². The summed E-state index contributed by atoms with van der Waals surface area (Å²) in [5, 5.41) is 3.44. The van der Waals surface area contributed by atoms with E-state index in [2.05, 4.69) is 31.0 Å². The lowest BCUT2D eigenvalue weighted by Gasteiger charge is -2.07. The van der Waals surface area contributed by atoms with E-state index in [4.69, 9.17) is 0 Å². The molecule has 8 heteroatoms. The average molecular weight is 329 g/mol. The Bertz CT molecular complexity index is 710. The van der Waals surface area contributed by atoms with Crippen LogP contribution in [0.2, 0.25) is 0 Å². The maximum absolute atomic E-state index is 11.2. The van der Waals surface area contributed by atoms with Crippen molar-refractivity contribution in [3.8, 4) is 0 Å². The Labute approximate surface area is 115 Å². The van der Waals surface area contributed by atoms with E-state index < -0.39 is 11.1 Å². The van der Waals surface area contributed by atoms with Crippen molar-refractivity contribution in [1.29, 1.82) is 0 Å². The first-order valence-corrected chi connectivity index (χ1v) is 6.56. The number of rotatable bonds is 2. The van der Waals surface area contributed by atoms with Gasteiger partial charge in [-0.3, -0.25) is 19.4 Å². The van der Waals surface area contributed by atoms with Gasteiger partial charge in [0.2, 0.25) is 0 Å². The van der Waals surface area contributed by atoms with Crippen molar-refractivity contribution in [2.75, 3.05) is 0 Å². The molecule has 0 atom stereocenters. The van der Waals surface area contributed by atoms with E-state index >= 15 is 0 Å². The quantitative estimate of drug-likeness (QED) is 0.834. The van der Waals surface area contributed by atoms with Gasteiger partial charge in [-0.2, -0.15) is 4.98 Å². The smallest absolute Gasteiger partial charge is 0.265 e. The summed E-state index contributed by atoms with van der Waals surface area (Å²) in [4.78, 5) is 30.2. The van der Waals surface area contributed by atoms with Crippen molar-refractivity contribution >= 4 is 27.7 Å². The highest BCUT2D eigenvalue weighted by Crippen LogP contribution is 2.31. The first kappa shape index (κ1) is 13.0. The molecule has 0 saturated heterocycles. The predicted molar refractivity (Wildman–Crippen MR) is 70.9 cm³/mol. The summed E-state index contributed by atoms with van der Waals surface area (Å²) in [7, 11) is 1.61. The third-order valence-corrected chi connectivity index (χ3v) is 4.50. The minimum Gasteiger partial charge on any atom is -0.265 e. The summed E-state index contributed by atoms with van der Waals surface area (Å²) in [5.41, 5.74) is -0.514. The van der Waals surface area contributed by atoms with Gasteiger partial charge in [-0.15, -0.1) is 0 Å². The first-order chi connectivity index (χ1) is 8.49. The fraction of sp³-hybridized carbons (Fsp3) is 0.200. The lowest BCUT2D eigenvalue weighted by molar-refractivity contribution is 0.596. The molecule has 2 aromatic rings. The summed E-state index contributed by atoms with van der Waals surface area (Å²) in [6, 6.07) is 1.87. The van der Waals surface area contributed by atoms with Crippen molar-refractivity contribution < 1.29 is 0 Å².